The molecule has 1 fully saturated rings. The molecule has 3 aromatic rings. The van der Waals surface area contributed by atoms with Crippen molar-refractivity contribution < 1.29 is 18.8 Å². The summed E-state index contributed by atoms with van der Waals surface area (Å²) in [5.41, 5.74) is 2.14. The van der Waals surface area contributed by atoms with Gasteiger partial charge in [-0.25, -0.2) is 0 Å². The number of carbonyl (C=O) groups excluding carboxylic acids is 1. The lowest BCUT2D eigenvalue weighted by Gasteiger charge is -2.35. The van der Waals surface area contributed by atoms with Crippen LogP contribution in [0.25, 0.3) is 0 Å². The third kappa shape index (κ3) is 4.03. The maximum absolute atomic E-state index is 13.5. The van der Waals surface area contributed by atoms with Crippen molar-refractivity contribution >= 4 is 5.91 Å². The van der Waals surface area contributed by atoms with Gasteiger partial charge in [-0.2, -0.15) is 0 Å². The van der Waals surface area contributed by atoms with Crippen LogP contribution in [0, 0.1) is 6.92 Å². The van der Waals surface area contributed by atoms with E-state index in [1.807, 2.05) is 47.4 Å². The first-order valence-electron chi connectivity index (χ1n) is 10.3. The average Bonchev–Trinajstić information content (AvgIpc) is 3.18. The first-order valence-corrected chi connectivity index (χ1v) is 10.3. The molecule has 4 rings (SSSR count). The molecule has 156 valence electrons. The van der Waals surface area contributed by atoms with Crippen molar-refractivity contribution in [3.8, 4) is 11.5 Å². The smallest absolute Gasteiger partial charge is 0.276 e. The van der Waals surface area contributed by atoms with Crippen LogP contribution in [0.1, 0.15) is 52.7 Å². The summed E-state index contributed by atoms with van der Waals surface area (Å²) >= 11 is 0. The molecule has 2 heterocycles. The Balaban J connectivity index is 1.57. The van der Waals surface area contributed by atoms with Gasteiger partial charge < -0.3 is 18.9 Å². The number of piperidine rings is 1. The molecule has 0 N–H and O–H groups in total. The van der Waals surface area contributed by atoms with E-state index in [2.05, 4.69) is 17.3 Å². The molecule has 1 atom stereocenters. The average molecular weight is 406 g/mol. The molecule has 1 unspecified atom stereocenters. The lowest BCUT2D eigenvalue weighted by atomic mass is 9.94. The third-order valence-electron chi connectivity index (χ3n) is 5.58. The van der Waals surface area contributed by atoms with Crippen molar-refractivity contribution in [2.24, 2.45) is 0 Å². The summed E-state index contributed by atoms with van der Waals surface area (Å²) in [6, 6.07) is 17.7. The number of likely N-dealkylation sites (tertiary alicyclic amines) is 1. The fraction of sp³-hybridized carbons (Fsp3) is 0.333. The molecule has 0 radical (unpaired) electrons. The van der Waals surface area contributed by atoms with E-state index in [4.69, 9.17) is 14.0 Å². The van der Waals surface area contributed by atoms with Gasteiger partial charge in [0.2, 0.25) is 0 Å². The number of hydrogen-bond donors (Lipinski definition) is 0. The molecule has 2 aromatic carbocycles. The van der Waals surface area contributed by atoms with E-state index >= 15 is 0 Å². The summed E-state index contributed by atoms with van der Waals surface area (Å²) in [7, 11) is 1.60. The number of amides is 1. The minimum absolute atomic E-state index is 0.0486. The standard InChI is InChI=1S/C24H26N2O4/c1-17-19(16-29-22-14-7-6-13-21(22)28-2)23(25-30-17)24(27)26-15-9-8-12-20(26)18-10-4-3-5-11-18/h3-7,10-11,13-14,20H,8-9,12,15-16H2,1-2H3. The van der Waals surface area contributed by atoms with Crippen molar-refractivity contribution in [2.45, 2.75) is 38.8 Å². The Morgan fingerprint density at radius 2 is 1.83 bits per heavy atom. The summed E-state index contributed by atoms with van der Waals surface area (Å²) < 4.78 is 16.7. The molecule has 0 aliphatic carbocycles. The van der Waals surface area contributed by atoms with Gasteiger partial charge in [-0.1, -0.05) is 47.6 Å². The van der Waals surface area contributed by atoms with E-state index in [0.29, 0.717) is 35.1 Å². The SMILES string of the molecule is COc1ccccc1OCc1c(C(=O)N2CCCCC2c2ccccc2)noc1C. The molecule has 1 amide bonds. The third-order valence-corrected chi connectivity index (χ3v) is 5.58. The number of nitrogens with zero attached hydrogens (tertiary/aromatic N) is 2. The fourth-order valence-electron chi connectivity index (χ4n) is 3.95. The summed E-state index contributed by atoms with van der Waals surface area (Å²) in [5, 5.41) is 4.10. The van der Waals surface area contributed by atoms with E-state index < -0.39 is 0 Å². The van der Waals surface area contributed by atoms with Gasteiger partial charge in [-0.3, -0.25) is 4.79 Å². The van der Waals surface area contributed by atoms with Gasteiger partial charge in [-0.15, -0.1) is 0 Å². The summed E-state index contributed by atoms with van der Waals surface area (Å²) in [6.45, 7) is 2.69. The Hall–Kier alpha value is -3.28. The van der Waals surface area contributed by atoms with Gasteiger partial charge in [0, 0.05) is 6.54 Å². The zero-order valence-corrected chi connectivity index (χ0v) is 17.3. The molecule has 6 nitrogen and oxygen atoms in total. The van der Waals surface area contributed by atoms with Crippen LogP contribution in [0.3, 0.4) is 0 Å². The van der Waals surface area contributed by atoms with E-state index in [-0.39, 0.29) is 18.6 Å². The lowest BCUT2D eigenvalue weighted by molar-refractivity contribution is 0.0598. The van der Waals surface area contributed by atoms with E-state index in [9.17, 15) is 4.79 Å². The molecule has 30 heavy (non-hydrogen) atoms. The zero-order valence-electron chi connectivity index (χ0n) is 17.3. The Bertz CT molecular complexity index is 999. The number of methoxy groups -OCH3 is 1. The number of ether oxygens (including phenoxy) is 2. The van der Waals surface area contributed by atoms with Crippen molar-refractivity contribution in [3.63, 3.8) is 0 Å². The first-order chi connectivity index (χ1) is 14.7. The van der Waals surface area contributed by atoms with Crippen molar-refractivity contribution in [1.29, 1.82) is 0 Å². The molecule has 0 bridgehead atoms. The second-order valence-electron chi connectivity index (χ2n) is 7.43. The highest BCUT2D eigenvalue weighted by Gasteiger charge is 2.32. The van der Waals surface area contributed by atoms with Crippen LogP contribution in [0.5, 0.6) is 11.5 Å². The molecule has 6 heteroatoms. The molecule has 0 spiro atoms. The summed E-state index contributed by atoms with van der Waals surface area (Å²) in [5.74, 6) is 1.72. The molecular formula is C24H26N2O4. The van der Waals surface area contributed by atoms with Crippen LogP contribution in [0.15, 0.2) is 59.1 Å². The topological polar surface area (TPSA) is 64.8 Å². The molecule has 1 aliphatic heterocycles. The molecule has 1 aliphatic rings. The minimum atomic E-state index is -0.112. The van der Waals surface area contributed by atoms with Crippen LogP contribution in [-0.2, 0) is 6.61 Å². The van der Waals surface area contributed by atoms with Gasteiger partial charge in [0.15, 0.2) is 17.2 Å². The molecule has 1 saturated heterocycles. The van der Waals surface area contributed by atoms with Crippen LogP contribution >= 0.6 is 0 Å². The Morgan fingerprint density at radius 1 is 1.10 bits per heavy atom. The number of benzene rings is 2. The minimum Gasteiger partial charge on any atom is -0.493 e. The van der Waals surface area contributed by atoms with Crippen LogP contribution in [0.2, 0.25) is 0 Å². The van der Waals surface area contributed by atoms with Crippen LogP contribution < -0.4 is 9.47 Å². The van der Waals surface area contributed by atoms with Gasteiger partial charge in [-0.05, 0) is 43.9 Å². The van der Waals surface area contributed by atoms with Crippen LogP contribution in [0.4, 0.5) is 0 Å². The largest absolute Gasteiger partial charge is 0.493 e. The maximum Gasteiger partial charge on any atom is 0.276 e. The number of carbonyl (C=O) groups is 1. The van der Waals surface area contributed by atoms with E-state index in [0.717, 1.165) is 24.8 Å². The lowest BCUT2D eigenvalue weighted by Crippen LogP contribution is -2.39. The fourth-order valence-corrected chi connectivity index (χ4v) is 3.95. The number of rotatable bonds is 6. The molecule has 0 saturated carbocycles. The highest BCUT2D eigenvalue weighted by atomic mass is 16.5. The number of hydrogen-bond acceptors (Lipinski definition) is 5. The van der Waals surface area contributed by atoms with Crippen molar-refractivity contribution in [1.82, 2.24) is 10.1 Å². The van der Waals surface area contributed by atoms with E-state index in [1.54, 1.807) is 14.0 Å². The van der Waals surface area contributed by atoms with E-state index in [1.165, 1.54) is 0 Å². The summed E-state index contributed by atoms with van der Waals surface area (Å²) in [6.07, 6.45) is 3.03. The zero-order chi connectivity index (χ0) is 20.9. The van der Waals surface area contributed by atoms with Gasteiger partial charge in [0.1, 0.15) is 12.4 Å². The maximum atomic E-state index is 13.5. The first kappa shape index (κ1) is 20.0. The van der Waals surface area contributed by atoms with Crippen molar-refractivity contribution in [3.05, 3.63) is 77.2 Å². The predicted molar refractivity (Wildman–Crippen MR) is 113 cm³/mol. The highest BCUT2D eigenvalue weighted by molar-refractivity contribution is 5.94. The summed E-state index contributed by atoms with van der Waals surface area (Å²) in [4.78, 5) is 15.4. The van der Waals surface area contributed by atoms with Gasteiger partial charge in [0.25, 0.3) is 5.91 Å². The Morgan fingerprint density at radius 3 is 2.60 bits per heavy atom. The number of aromatic nitrogens is 1. The molecular weight excluding hydrogens is 380 g/mol. The second-order valence-corrected chi connectivity index (χ2v) is 7.43. The monoisotopic (exact) mass is 406 g/mol. The Labute approximate surface area is 176 Å². The van der Waals surface area contributed by atoms with Gasteiger partial charge in [0.05, 0.1) is 18.7 Å². The second kappa shape index (κ2) is 9.03. The Kier molecular flexibility index (Phi) is 6.02. The molecule has 1 aromatic heterocycles. The van der Waals surface area contributed by atoms with Gasteiger partial charge >= 0.3 is 0 Å². The normalized spacial score (nSPS) is 16.3. The highest BCUT2D eigenvalue weighted by Crippen LogP contribution is 2.33. The quantitative estimate of drug-likeness (QED) is 0.580. The van der Waals surface area contributed by atoms with Crippen LogP contribution in [-0.4, -0.2) is 29.6 Å². The number of para-hydroxylation sites is 2. The number of aryl methyl sites for hydroxylation is 1. The predicted octanol–water partition coefficient (Wildman–Crippen LogP) is 4.94. The van der Waals surface area contributed by atoms with Crippen molar-refractivity contribution in [2.75, 3.05) is 13.7 Å².